The molecule has 2 unspecified atom stereocenters. The fourth-order valence-electron chi connectivity index (χ4n) is 3.06. The average Bonchev–Trinajstić information content (AvgIpc) is 3.07. The minimum absolute atomic E-state index is 0.109. The molecule has 0 spiro atoms. The van der Waals surface area contributed by atoms with Crippen LogP contribution in [0.2, 0.25) is 0 Å². The molecular weight excluding hydrogens is 334 g/mol. The third-order valence-corrected chi connectivity index (χ3v) is 4.40. The zero-order chi connectivity index (χ0) is 18.1. The molecule has 3 amide bonds. The third-order valence-electron chi connectivity index (χ3n) is 4.40. The molecule has 134 valence electrons. The quantitative estimate of drug-likeness (QED) is 0.888. The van der Waals surface area contributed by atoms with Crippen LogP contribution in [-0.2, 0) is 4.79 Å². The van der Waals surface area contributed by atoms with E-state index in [1.165, 1.54) is 0 Å². The molecule has 0 radical (unpaired) electrons. The lowest BCUT2D eigenvalue weighted by atomic mass is 10.1. The molecular formula is C19H19N3O4. The summed E-state index contributed by atoms with van der Waals surface area (Å²) in [6.07, 6.45) is -1.15. The highest BCUT2D eigenvalue weighted by Gasteiger charge is 2.34. The predicted molar refractivity (Wildman–Crippen MR) is 96.8 cm³/mol. The normalized spacial score (nSPS) is 21.3. The highest BCUT2D eigenvalue weighted by atomic mass is 16.6. The number of anilines is 2. The van der Waals surface area contributed by atoms with E-state index in [2.05, 4.69) is 10.6 Å². The number of amides is 3. The van der Waals surface area contributed by atoms with Crippen molar-refractivity contribution in [2.75, 3.05) is 23.3 Å². The van der Waals surface area contributed by atoms with Gasteiger partial charge in [-0.05, 0) is 43.3 Å². The number of nitrogens with one attached hydrogen (secondary N) is 2. The summed E-state index contributed by atoms with van der Waals surface area (Å²) >= 11 is 0. The molecule has 0 bridgehead atoms. The second-order valence-electron chi connectivity index (χ2n) is 6.23. The van der Waals surface area contributed by atoms with Crippen molar-refractivity contribution in [2.24, 2.45) is 0 Å². The van der Waals surface area contributed by atoms with E-state index in [1.807, 2.05) is 18.2 Å². The van der Waals surface area contributed by atoms with Crippen LogP contribution >= 0.6 is 0 Å². The van der Waals surface area contributed by atoms with E-state index < -0.39 is 12.2 Å². The Morgan fingerprint density at radius 1 is 1.12 bits per heavy atom. The van der Waals surface area contributed by atoms with Crippen LogP contribution in [0.5, 0.6) is 11.5 Å². The van der Waals surface area contributed by atoms with Crippen molar-refractivity contribution in [3.05, 3.63) is 48.5 Å². The SMILES string of the molecule is CC1Oc2ccccc2OC1C(=O)Nc1ccc(N2CCNC2=O)cc1. The standard InChI is InChI=1S/C19H19N3O4/c1-12-17(26-16-5-3-2-4-15(16)25-12)18(23)21-13-6-8-14(9-7-13)22-11-10-20-19(22)24/h2-9,12,17H,10-11H2,1H3,(H,20,24)(H,21,23). The molecule has 1 saturated heterocycles. The molecule has 0 aromatic heterocycles. The zero-order valence-corrected chi connectivity index (χ0v) is 14.3. The Bertz CT molecular complexity index is 837. The molecule has 7 nitrogen and oxygen atoms in total. The van der Waals surface area contributed by atoms with E-state index in [0.29, 0.717) is 30.3 Å². The van der Waals surface area contributed by atoms with Crippen LogP contribution in [0.3, 0.4) is 0 Å². The number of carbonyl (C=O) groups is 2. The number of para-hydroxylation sites is 2. The van der Waals surface area contributed by atoms with Gasteiger partial charge in [-0.25, -0.2) is 4.79 Å². The van der Waals surface area contributed by atoms with Gasteiger partial charge in [-0.3, -0.25) is 9.69 Å². The Morgan fingerprint density at radius 2 is 1.81 bits per heavy atom. The van der Waals surface area contributed by atoms with Crippen LogP contribution in [0.1, 0.15) is 6.92 Å². The van der Waals surface area contributed by atoms with Crippen LogP contribution in [0.25, 0.3) is 0 Å². The van der Waals surface area contributed by atoms with Crippen molar-refractivity contribution in [1.82, 2.24) is 5.32 Å². The molecule has 7 heteroatoms. The summed E-state index contributed by atoms with van der Waals surface area (Å²) in [5, 5.41) is 5.60. The fourth-order valence-corrected chi connectivity index (χ4v) is 3.06. The monoisotopic (exact) mass is 353 g/mol. The van der Waals surface area contributed by atoms with Gasteiger partial charge in [-0.2, -0.15) is 0 Å². The molecule has 26 heavy (non-hydrogen) atoms. The molecule has 0 aliphatic carbocycles. The van der Waals surface area contributed by atoms with Gasteiger partial charge in [0, 0.05) is 24.5 Å². The number of nitrogens with zero attached hydrogens (tertiary/aromatic N) is 1. The Balaban J connectivity index is 1.44. The fraction of sp³-hybridized carbons (Fsp3) is 0.263. The van der Waals surface area contributed by atoms with Gasteiger partial charge in [0.1, 0.15) is 6.10 Å². The van der Waals surface area contributed by atoms with Gasteiger partial charge in [-0.15, -0.1) is 0 Å². The minimum atomic E-state index is -0.742. The number of ether oxygens (including phenoxy) is 2. The molecule has 2 atom stereocenters. The molecule has 2 aromatic carbocycles. The summed E-state index contributed by atoms with van der Waals surface area (Å²) in [4.78, 5) is 25.9. The van der Waals surface area contributed by atoms with Crippen molar-refractivity contribution in [2.45, 2.75) is 19.1 Å². The number of rotatable bonds is 3. The van der Waals surface area contributed by atoms with E-state index >= 15 is 0 Å². The molecule has 1 fully saturated rings. The number of hydrogen-bond donors (Lipinski definition) is 2. The van der Waals surface area contributed by atoms with E-state index in [4.69, 9.17) is 9.47 Å². The topological polar surface area (TPSA) is 79.9 Å². The zero-order valence-electron chi connectivity index (χ0n) is 14.3. The van der Waals surface area contributed by atoms with Crippen LogP contribution in [-0.4, -0.2) is 37.2 Å². The van der Waals surface area contributed by atoms with Crippen LogP contribution in [0.4, 0.5) is 16.2 Å². The summed E-state index contributed by atoms with van der Waals surface area (Å²) < 4.78 is 11.6. The van der Waals surface area contributed by atoms with Crippen LogP contribution < -0.4 is 25.0 Å². The van der Waals surface area contributed by atoms with Gasteiger partial charge in [0.05, 0.1) is 0 Å². The summed E-state index contributed by atoms with van der Waals surface area (Å²) in [7, 11) is 0. The number of fused-ring (bicyclic) bond motifs is 1. The second kappa shape index (κ2) is 6.59. The van der Waals surface area contributed by atoms with Gasteiger partial charge in [0.2, 0.25) is 6.10 Å². The molecule has 2 aliphatic rings. The summed E-state index contributed by atoms with van der Waals surface area (Å²) in [6, 6.07) is 14.3. The highest BCUT2D eigenvalue weighted by molar-refractivity contribution is 5.96. The molecule has 2 N–H and O–H groups in total. The van der Waals surface area contributed by atoms with Crippen molar-refractivity contribution < 1.29 is 19.1 Å². The van der Waals surface area contributed by atoms with Gasteiger partial charge in [0.15, 0.2) is 11.5 Å². The van der Waals surface area contributed by atoms with E-state index in [1.54, 1.807) is 42.2 Å². The number of carbonyl (C=O) groups excluding carboxylic acids is 2. The molecule has 4 rings (SSSR count). The summed E-state index contributed by atoms with van der Waals surface area (Å²) in [5.41, 5.74) is 1.42. The van der Waals surface area contributed by atoms with Crippen molar-refractivity contribution in [3.63, 3.8) is 0 Å². The highest BCUT2D eigenvalue weighted by Crippen LogP contribution is 2.33. The number of urea groups is 1. The van der Waals surface area contributed by atoms with Crippen molar-refractivity contribution in [3.8, 4) is 11.5 Å². The minimum Gasteiger partial charge on any atom is -0.482 e. The van der Waals surface area contributed by atoms with Gasteiger partial charge in [0.25, 0.3) is 5.91 Å². The van der Waals surface area contributed by atoms with Gasteiger partial charge >= 0.3 is 6.03 Å². The summed E-state index contributed by atoms with van der Waals surface area (Å²) in [6.45, 7) is 3.07. The van der Waals surface area contributed by atoms with Gasteiger partial charge in [-0.1, -0.05) is 12.1 Å². The van der Waals surface area contributed by atoms with Crippen molar-refractivity contribution >= 4 is 23.3 Å². The maximum atomic E-state index is 12.6. The first-order valence-corrected chi connectivity index (χ1v) is 8.50. The maximum Gasteiger partial charge on any atom is 0.321 e. The van der Waals surface area contributed by atoms with E-state index in [9.17, 15) is 9.59 Å². The largest absolute Gasteiger partial charge is 0.482 e. The molecule has 2 heterocycles. The average molecular weight is 353 g/mol. The number of benzene rings is 2. The second-order valence-corrected chi connectivity index (χ2v) is 6.23. The Hall–Kier alpha value is -3.22. The van der Waals surface area contributed by atoms with E-state index in [0.717, 1.165) is 5.69 Å². The van der Waals surface area contributed by atoms with Crippen molar-refractivity contribution in [1.29, 1.82) is 0 Å². The Morgan fingerprint density at radius 3 is 2.46 bits per heavy atom. The molecule has 2 aromatic rings. The molecule has 2 aliphatic heterocycles. The van der Waals surface area contributed by atoms with Gasteiger partial charge < -0.3 is 20.1 Å². The predicted octanol–water partition coefficient (Wildman–Crippen LogP) is 2.38. The Kier molecular flexibility index (Phi) is 4.12. The lowest BCUT2D eigenvalue weighted by Crippen LogP contribution is -2.46. The first kappa shape index (κ1) is 16.3. The van der Waals surface area contributed by atoms with Crippen LogP contribution in [0.15, 0.2) is 48.5 Å². The lowest BCUT2D eigenvalue weighted by Gasteiger charge is -2.31. The smallest absolute Gasteiger partial charge is 0.321 e. The maximum absolute atomic E-state index is 12.6. The lowest BCUT2D eigenvalue weighted by molar-refractivity contribution is -0.128. The molecule has 0 saturated carbocycles. The van der Waals surface area contributed by atoms with E-state index in [-0.39, 0.29) is 11.9 Å². The Labute approximate surface area is 150 Å². The first-order valence-electron chi connectivity index (χ1n) is 8.50. The summed E-state index contributed by atoms with van der Waals surface area (Å²) in [5.74, 6) is 0.914. The van der Waals surface area contributed by atoms with Crippen LogP contribution in [0, 0.1) is 0 Å². The third kappa shape index (κ3) is 3.03. The number of hydrogen-bond acceptors (Lipinski definition) is 4. The first-order chi connectivity index (χ1) is 12.6.